The summed E-state index contributed by atoms with van der Waals surface area (Å²) >= 11 is 4.56. The van der Waals surface area contributed by atoms with E-state index in [4.69, 9.17) is 0 Å². The predicted octanol–water partition coefficient (Wildman–Crippen LogP) is 3.13. The molecule has 0 aliphatic heterocycles. The third-order valence-corrected chi connectivity index (χ3v) is 3.37. The van der Waals surface area contributed by atoms with E-state index in [1.807, 2.05) is 11.4 Å². The van der Waals surface area contributed by atoms with Crippen molar-refractivity contribution in [2.75, 3.05) is 6.54 Å². The summed E-state index contributed by atoms with van der Waals surface area (Å²) in [6, 6.07) is 4.11. The number of carbonyl (C=O) groups excluding carboxylic acids is 1. The summed E-state index contributed by atoms with van der Waals surface area (Å²) in [6.45, 7) is 4.88. The summed E-state index contributed by atoms with van der Waals surface area (Å²) in [4.78, 5) is 11.8. The molecule has 0 saturated carbocycles. The molecule has 0 atom stereocenters. The Hall–Kier alpha value is -0.350. The van der Waals surface area contributed by atoms with Gasteiger partial charge in [0.25, 0.3) is 4.82 Å². The highest BCUT2D eigenvalue weighted by Crippen LogP contribution is 2.26. The minimum absolute atomic E-state index is 0.0115. The summed E-state index contributed by atoms with van der Waals surface area (Å²) < 4.78 is 0. The maximum Gasteiger partial charge on any atom is 0.287 e. The molecule has 1 aromatic heterocycles. The first-order valence-corrected chi connectivity index (χ1v) is 5.67. The molecular formula is C9H12BrNOS. The van der Waals surface area contributed by atoms with Crippen LogP contribution in [0.2, 0.25) is 0 Å². The lowest BCUT2D eigenvalue weighted by Crippen LogP contribution is -2.33. The monoisotopic (exact) mass is 261 g/mol. The molecule has 1 rings (SSSR count). The highest BCUT2D eigenvalue weighted by Gasteiger charge is 2.21. The molecule has 2 nitrogen and oxygen atoms in total. The van der Waals surface area contributed by atoms with E-state index in [1.54, 1.807) is 11.3 Å². The lowest BCUT2D eigenvalue weighted by Gasteiger charge is -2.22. The fourth-order valence-electron chi connectivity index (χ4n) is 1.04. The van der Waals surface area contributed by atoms with Gasteiger partial charge in [-0.25, -0.2) is 0 Å². The van der Waals surface area contributed by atoms with Crippen molar-refractivity contribution in [3.05, 3.63) is 22.4 Å². The van der Waals surface area contributed by atoms with Crippen molar-refractivity contribution in [1.82, 2.24) is 5.32 Å². The number of amides is 1. The zero-order valence-corrected chi connectivity index (χ0v) is 10.0. The van der Waals surface area contributed by atoms with Crippen molar-refractivity contribution in [1.29, 1.82) is 0 Å². The van der Waals surface area contributed by atoms with Gasteiger partial charge in [0.2, 0.25) is 0 Å². The number of rotatable bonds is 3. The summed E-state index contributed by atoms with van der Waals surface area (Å²) in [5, 5.41) is 4.81. The largest absolute Gasteiger partial charge is 0.346 e. The standard InChI is InChI=1S/C9H12BrNOS/c1-9(2,6-11-8(10)12)7-4-3-5-13-7/h3-5H,6H2,1-2H3,(H,11,12). The number of carbonyl (C=O) groups is 1. The van der Waals surface area contributed by atoms with Gasteiger partial charge in [0.15, 0.2) is 0 Å². The number of hydrogen-bond donors (Lipinski definition) is 1. The molecule has 0 fully saturated rings. The first-order valence-electron chi connectivity index (χ1n) is 4.00. The molecule has 13 heavy (non-hydrogen) atoms. The SMILES string of the molecule is CC(C)(CNC(=O)Br)c1cccs1. The Morgan fingerprint density at radius 2 is 2.38 bits per heavy atom. The molecule has 1 aromatic rings. The van der Waals surface area contributed by atoms with Gasteiger partial charge in [0.05, 0.1) is 0 Å². The van der Waals surface area contributed by atoms with E-state index in [9.17, 15) is 4.79 Å². The minimum Gasteiger partial charge on any atom is -0.346 e. The second-order valence-electron chi connectivity index (χ2n) is 3.49. The zero-order valence-electron chi connectivity index (χ0n) is 7.63. The van der Waals surface area contributed by atoms with Crippen molar-refractivity contribution < 1.29 is 4.79 Å². The van der Waals surface area contributed by atoms with Crippen LogP contribution in [-0.4, -0.2) is 11.4 Å². The van der Waals surface area contributed by atoms with Crippen LogP contribution in [0.3, 0.4) is 0 Å². The molecule has 1 N–H and O–H groups in total. The Balaban J connectivity index is 2.61. The van der Waals surface area contributed by atoms with Crippen LogP contribution in [0.4, 0.5) is 4.79 Å². The van der Waals surface area contributed by atoms with Crippen molar-refractivity contribution in [2.24, 2.45) is 0 Å². The van der Waals surface area contributed by atoms with Crippen molar-refractivity contribution in [3.8, 4) is 0 Å². The average molecular weight is 262 g/mol. The molecule has 1 heterocycles. The fraction of sp³-hybridized carbons (Fsp3) is 0.444. The van der Waals surface area contributed by atoms with E-state index in [2.05, 4.69) is 41.2 Å². The summed E-state index contributed by atoms with van der Waals surface area (Å²) in [7, 11) is 0. The van der Waals surface area contributed by atoms with Crippen molar-refractivity contribution >= 4 is 32.1 Å². The third-order valence-electron chi connectivity index (χ3n) is 1.86. The molecular weight excluding hydrogens is 250 g/mol. The normalized spacial score (nSPS) is 11.3. The molecule has 72 valence electrons. The number of hydrogen-bond acceptors (Lipinski definition) is 2. The van der Waals surface area contributed by atoms with Crippen LogP contribution in [-0.2, 0) is 5.41 Å². The predicted molar refractivity (Wildman–Crippen MR) is 59.7 cm³/mol. The van der Waals surface area contributed by atoms with Crippen molar-refractivity contribution in [3.63, 3.8) is 0 Å². The maximum absolute atomic E-state index is 10.7. The third kappa shape index (κ3) is 3.12. The molecule has 0 saturated heterocycles. The molecule has 0 aliphatic rings. The highest BCUT2D eigenvalue weighted by molar-refractivity contribution is 9.18. The number of nitrogens with one attached hydrogen (secondary N) is 1. The van der Waals surface area contributed by atoms with Gasteiger partial charge in [-0.2, -0.15) is 0 Å². The topological polar surface area (TPSA) is 29.1 Å². The molecule has 0 unspecified atom stereocenters. The van der Waals surface area contributed by atoms with Gasteiger partial charge in [0.1, 0.15) is 0 Å². The van der Waals surface area contributed by atoms with Gasteiger partial charge < -0.3 is 5.32 Å². The zero-order chi connectivity index (χ0) is 9.90. The van der Waals surface area contributed by atoms with Crippen LogP contribution in [0.1, 0.15) is 18.7 Å². The minimum atomic E-state index is -0.155. The Bertz CT molecular complexity index is 282. The van der Waals surface area contributed by atoms with Gasteiger partial charge in [-0.3, -0.25) is 4.79 Å². The van der Waals surface area contributed by atoms with E-state index in [1.165, 1.54) is 4.88 Å². The van der Waals surface area contributed by atoms with Crippen LogP contribution in [0.15, 0.2) is 17.5 Å². The van der Waals surface area contributed by atoms with E-state index >= 15 is 0 Å². The Morgan fingerprint density at radius 1 is 1.69 bits per heavy atom. The molecule has 0 aromatic carbocycles. The van der Waals surface area contributed by atoms with E-state index in [-0.39, 0.29) is 10.2 Å². The smallest absolute Gasteiger partial charge is 0.287 e. The first kappa shape index (κ1) is 10.7. The van der Waals surface area contributed by atoms with Gasteiger partial charge in [-0.1, -0.05) is 19.9 Å². The van der Waals surface area contributed by atoms with Crippen LogP contribution >= 0.6 is 27.3 Å². The number of halogens is 1. The second-order valence-corrected chi connectivity index (χ2v) is 5.16. The van der Waals surface area contributed by atoms with Crippen LogP contribution in [0, 0.1) is 0 Å². The fourth-order valence-corrected chi connectivity index (χ4v) is 2.03. The van der Waals surface area contributed by atoms with Gasteiger partial charge in [-0.05, 0) is 11.4 Å². The average Bonchev–Trinajstić information content (AvgIpc) is 2.53. The van der Waals surface area contributed by atoms with Gasteiger partial charge in [-0.15, -0.1) is 11.3 Å². The van der Waals surface area contributed by atoms with Crippen LogP contribution < -0.4 is 5.32 Å². The second kappa shape index (κ2) is 4.24. The lowest BCUT2D eigenvalue weighted by atomic mass is 9.92. The Morgan fingerprint density at radius 3 is 2.85 bits per heavy atom. The summed E-state index contributed by atoms with van der Waals surface area (Å²) in [5.41, 5.74) is 0.0115. The molecule has 0 aliphatic carbocycles. The molecule has 0 spiro atoms. The molecule has 1 amide bonds. The quantitative estimate of drug-likeness (QED) is 0.658. The summed E-state index contributed by atoms with van der Waals surface area (Å²) in [6.07, 6.45) is 0. The summed E-state index contributed by atoms with van der Waals surface area (Å²) in [5.74, 6) is 0. The highest BCUT2D eigenvalue weighted by atomic mass is 79.9. The van der Waals surface area contributed by atoms with Crippen molar-refractivity contribution in [2.45, 2.75) is 19.3 Å². The first-order chi connectivity index (χ1) is 6.02. The maximum atomic E-state index is 10.7. The van der Waals surface area contributed by atoms with Crippen LogP contribution in [0.25, 0.3) is 0 Å². The Kier molecular flexibility index (Phi) is 3.50. The molecule has 0 bridgehead atoms. The van der Waals surface area contributed by atoms with E-state index in [0.717, 1.165) is 0 Å². The number of thiophene rings is 1. The van der Waals surface area contributed by atoms with Gasteiger partial charge >= 0.3 is 0 Å². The van der Waals surface area contributed by atoms with Gasteiger partial charge in [0, 0.05) is 32.8 Å². The lowest BCUT2D eigenvalue weighted by molar-refractivity contribution is 0.259. The Labute approximate surface area is 90.5 Å². The molecule has 4 heteroatoms. The van der Waals surface area contributed by atoms with E-state index < -0.39 is 0 Å². The molecule has 0 radical (unpaired) electrons. The van der Waals surface area contributed by atoms with E-state index in [0.29, 0.717) is 6.54 Å². The van der Waals surface area contributed by atoms with Crippen LogP contribution in [0.5, 0.6) is 0 Å².